The second-order valence-corrected chi connectivity index (χ2v) is 5.61. The molecule has 0 aromatic heterocycles. The van der Waals surface area contributed by atoms with Crippen LogP contribution in [0.5, 0.6) is 0 Å². The molecular weight excluding hydrogens is 250 g/mol. The lowest BCUT2D eigenvalue weighted by atomic mass is 10.0. The van der Waals surface area contributed by atoms with Gasteiger partial charge in [-0.15, -0.1) is 0 Å². The van der Waals surface area contributed by atoms with Gasteiger partial charge in [0.15, 0.2) is 0 Å². The molecule has 3 nitrogen and oxygen atoms in total. The van der Waals surface area contributed by atoms with E-state index in [0.717, 1.165) is 24.8 Å². The quantitative estimate of drug-likeness (QED) is 0.861. The summed E-state index contributed by atoms with van der Waals surface area (Å²) in [6.07, 6.45) is 2.94. The first-order valence-electron chi connectivity index (χ1n) is 6.21. The first-order chi connectivity index (χ1) is 8.54. The van der Waals surface area contributed by atoms with Crippen molar-refractivity contribution < 1.29 is 9.90 Å². The van der Waals surface area contributed by atoms with Crippen molar-refractivity contribution in [1.29, 1.82) is 0 Å². The average Bonchev–Trinajstić information content (AvgIpc) is 3.06. The Balaban J connectivity index is 1.95. The fourth-order valence-electron chi connectivity index (χ4n) is 2.17. The summed E-state index contributed by atoms with van der Waals surface area (Å²) in [6.45, 7) is 2.74. The van der Waals surface area contributed by atoms with Gasteiger partial charge in [-0.1, -0.05) is 11.6 Å². The number of aliphatic hydroxyl groups excluding tert-OH is 1. The van der Waals surface area contributed by atoms with Gasteiger partial charge in [0.1, 0.15) is 0 Å². The minimum absolute atomic E-state index is 0.0928. The number of aryl methyl sites for hydroxylation is 1. The zero-order chi connectivity index (χ0) is 13.2. The second-order valence-electron chi connectivity index (χ2n) is 5.17. The van der Waals surface area contributed by atoms with Crippen LogP contribution in [0.25, 0.3) is 0 Å². The molecule has 1 aromatic rings. The lowest BCUT2D eigenvalue weighted by Crippen LogP contribution is -2.30. The smallest absolute Gasteiger partial charge is 0.251 e. The Kier molecular flexibility index (Phi) is 3.93. The van der Waals surface area contributed by atoms with Gasteiger partial charge in [0.25, 0.3) is 5.91 Å². The molecule has 1 fully saturated rings. The van der Waals surface area contributed by atoms with Crippen LogP contribution in [0.1, 0.15) is 35.2 Å². The molecule has 1 aliphatic rings. The Morgan fingerprint density at radius 1 is 1.44 bits per heavy atom. The SMILES string of the molecule is Cc1cc(Cl)cc(C(=O)NCC2(CCO)CC2)c1. The third-order valence-corrected chi connectivity index (χ3v) is 3.75. The number of aliphatic hydroxyl groups is 1. The van der Waals surface area contributed by atoms with Gasteiger partial charge in [0, 0.05) is 23.7 Å². The van der Waals surface area contributed by atoms with E-state index in [1.807, 2.05) is 19.1 Å². The first kappa shape index (κ1) is 13.4. The Bertz CT molecular complexity index is 435. The van der Waals surface area contributed by atoms with Crippen LogP contribution in [0.4, 0.5) is 0 Å². The van der Waals surface area contributed by atoms with Gasteiger partial charge in [0.2, 0.25) is 0 Å². The van der Waals surface area contributed by atoms with Crippen LogP contribution in [-0.2, 0) is 0 Å². The number of hydrogen-bond donors (Lipinski definition) is 2. The van der Waals surface area contributed by atoms with Crippen LogP contribution in [0, 0.1) is 12.3 Å². The molecule has 0 bridgehead atoms. The molecule has 0 radical (unpaired) electrons. The minimum atomic E-state index is -0.0928. The van der Waals surface area contributed by atoms with Gasteiger partial charge >= 0.3 is 0 Å². The van der Waals surface area contributed by atoms with Gasteiger partial charge in [-0.25, -0.2) is 0 Å². The predicted molar refractivity (Wildman–Crippen MR) is 71.9 cm³/mol. The summed E-state index contributed by atoms with van der Waals surface area (Å²) in [5.41, 5.74) is 1.71. The van der Waals surface area contributed by atoms with E-state index >= 15 is 0 Å². The molecule has 98 valence electrons. The molecule has 0 saturated heterocycles. The van der Waals surface area contributed by atoms with Crippen LogP contribution < -0.4 is 5.32 Å². The van der Waals surface area contributed by atoms with Crippen molar-refractivity contribution in [1.82, 2.24) is 5.32 Å². The molecule has 2 rings (SSSR count). The highest BCUT2D eigenvalue weighted by Crippen LogP contribution is 2.47. The van der Waals surface area contributed by atoms with Crippen molar-refractivity contribution in [3.8, 4) is 0 Å². The average molecular weight is 268 g/mol. The molecule has 1 aromatic carbocycles. The summed E-state index contributed by atoms with van der Waals surface area (Å²) in [5, 5.41) is 12.5. The van der Waals surface area contributed by atoms with Crippen molar-refractivity contribution in [3.05, 3.63) is 34.3 Å². The van der Waals surface area contributed by atoms with E-state index in [4.69, 9.17) is 16.7 Å². The van der Waals surface area contributed by atoms with Crippen LogP contribution in [0.3, 0.4) is 0 Å². The Labute approximate surface area is 112 Å². The van der Waals surface area contributed by atoms with Gasteiger partial charge < -0.3 is 10.4 Å². The topological polar surface area (TPSA) is 49.3 Å². The van der Waals surface area contributed by atoms with Crippen LogP contribution >= 0.6 is 11.6 Å². The summed E-state index contributed by atoms with van der Waals surface area (Å²) in [7, 11) is 0. The van der Waals surface area contributed by atoms with Crippen molar-refractivity contribution in [2.45, 2.75) is 26.2 Å². The van der Waals surface area contributed by atoms with E-state index in [2.05, 4.69) is 5.32 Å². The Hall–Kier alpha value is -1.06. The predicted octanol–water partition coefficient (Wildman–Crippen LogP) is 2.54. The van der Waals surface area contributed by atoms with Gasteiger partial charge in [-0.3, -0.25) is 4.79 Å². The van der Waals surface area contributed by atoms with Crippen molar-refractivity contribution in [2.24, 2.45) is 5.41 Å². The number of rotatable bonds is 5. The molecule has 2 N–H and O–H groups in total. The van der Waals surface area contributed by atoms with E-state index in [1.54, 1.807) is 6.07 Å². The molecule has 1 amide bonds. The number of amides is 1. The molecule has 4 heteroatoms. The van der Waals surface area contributed by atoms with Crippen LogP contribution in [0.2, 0.25) is 5.02 Å². The maximum Gasteiger partial charge on any atom is 0.251 e. The monoisotopic (exact) mass is 267 g/mol. The van der Waals surface area contributed by atoms with Gasteiger partial charge in [-0.05, 0) is 55.4 Å². The summed E-state index contributed by atoms with van der Waals surface area (Å²) < 4.78 is 0. The fraction of sp³-hybridized carbons (Fsp3) is 0.500. The molecule has 1 aliphatic carbocycles. The number of carbonyl (C=O) groups is 1. The normalized spacial score (nSPS) is 16.4. The summed E-state index contributed by atoms with van der Waals surface area (Å²) >= 11 is 5.93. The van der Waals surface area contributed by atoms with Crippen molar-refractivity contribution in [2.75, 3.05) is 13.2 Å². The van der Waals surface area contributed by atoms with E-state index in [9.17, 15) is 4.79 Å². The molecule has 18 heavy (non-hydrogen) atoms. The highest BCUT2D eigenvalue weighted by Gasteiger charge is 2.41. The molecule has 0 unspecified atom stereocenters. The van der Waals surface area contributed by atoms with Gasteiger partial charge in [-0.2, -0.15) is 0 Å². The molecule has 0 atom stereocenters. The first-order valence-corrected chi connectivity index (χ1v) is 6.59. The largest absolute Gasteiger partial charge is 0.396 e. The number of nitrogens with one attached hydrogen (secondary N) is 1. The van der Waals surface area contributed by atoms with Crippen molar-refractivity contribution in [3.63, 3.8) is 0 Å². The van der Waals surface area contributed by atoms with Gasteiger partial charge in [0.05, 0.1) is 0 Å². The highest BCUT2D eigenvalue weighted by molar-refractivity contribution is 6.31. The third kappa shape index (κ3) is 3.24. The minimum Gasteiger partial charge on any atom is -0.396 e. The zero-order valence-corrected chi connectivity index (χ0v) is 11.3. The molecule has 1 saturated carbocycles. The number of hydrogen-bond acceptors (Lipinski definition) is 2. The molecule has 0 aliphatic heterocycles. The maximum atomic E-state index is 12.0. The summed E-state index contributed by atoms with van der Waals surface area (Å²) in [5.74, 6) is -0.0928. The highest BCUT2D eigenvalue weighted by atomic mass is 35.5. The van der Waals surface area contributed by atoms with E-state index in [1.165, 1.54) is 0 Å². The maximum absolute atomic E-state index is 12.0. The van der Waals surface area contributed by atoms with E-state index in [0.29, 0.717) is 17.1 Å². The van der Waals surface area contributed by atoms with Crippen LogP contribution in [0.15, 0.2) is 18.2 Å². The molecule has 0 spiro atoms. The summed E-state index contributed by atoms with van der Waals surface area (Å²) in [4.78, 5) is 12.0. The summed E-state index contributed by atoms with van der Waals surface area (Å²) in [6, 6.07) is 5.33. The fourth-order valence-corrected chi connectivity index (χ4v) is 2.46. The third-order valence-electron chi connectivity index (χ3n) is 3.53. The Morgan fingerprint density at radius 2 is 2.17 bits per heavy atom. The number of carbonyl (C=O) groups excluding carboxylic acids is 1. The molecular formula is C14H18ClNO2. The van der Waals surface area contributed by atoms with E-state index < -0.39 is 0 Å². The second kappa shape index (κ2) is 5.29. The van der Waals surface area contributed by atoms with Crippen molar-refractivity contribution >= 4 is 17.5 Å². The number of benzene rings is 1. The Morgan fingerprint density at radius 3 is 2.72 bits per heavy atom. The lowest BCUT2D eigenvalue weighted by molar-refractivity contribution is 0.0940. The molecule has 0 heterocycles. The lowest BCUT2D eigenvalue weighted by Gasteiger charge is -2.14. The number of halogens is 1. The standard InChI is InChI=1S/C14H18ClNO2/c1-10-6-11(8-12(15)7-10)13(18)16-9-14(2-3-14)4-5-17/h6-8,17H,2-5,9H2,1H3,(H,16,18). The van der Waals surface area contributed by atoms with E-state index in [-0.39, 0.29) is 17.9 Å². The van der Waals surface area contributed by atoms with Crippen LogP contribution in [-0.4, -0.2) is 24.2 Å². The zero-order valence-electron chi connectivity index (χ0n) is 10.5.